The van der Waals surface area contributed by atoms with Crippen LogP contribution in [0.2, 0.25) is 5.02 Å². The number of hydrogen-bond donors (Lipinski definition) is 0. The van der Waals surface area contributed by atoms with Gasteiger partial charge in [-0.15, -0.1) is 0 Å². The maximum Gasteiger partial charge on any atom is 0.314 e. The van der Waals surface area contributed by atoms with Crippen LogP contribution in [0.3, 0.4) is 0 Å². The van der Waals surface area contributed by atoms with Gasteiger partial charge in [-0.05, 0) is 62.6 Å². The summed E-state index contributed by atoms with van der Waals surface area (Å²) < 4.78 is 32.4. The van der Waals surface area contributed by atoms with E-state index in [2.05, 4.69) is 0 Å². The summed E-state index contributed by atoms with van der Waals surface area (Å²) in [6.07, 6.45) is 0.882. The molecule has 1 aliphatic heterocycles. The third-order valence-corrected chi connectivity index (χ3v) is 6.94. The van der Waals surface area contributed by atoms with Crippen LogP contribution in [-0.2, 0) is 14.8 Å². The Labute approximate surface area is 165 Å². The van der Waals surface area contributed by atoms with E-state index in [1.54, 1.807) is 42.5 Å². The molecule has 7 heteroatoms. The van der Waals surface area contributed by atoms with Gasteiger partial charge < -0.3 is 4.74 Å². The Morgan fingerprint density at radius 3 is 2.30 bits per heavy atom. The number of hydrogen-bond acceptors (Lipinski definition) is 4. The van der Waals surface area contributed by atoms with Gasteiger partial charge in [-0.2, -0.15) is 4.31 Å². The van der Waals surface area contributed by atoms with Gasteiger partial charge in [-0.1, -0.05) is 29.3 Å². The van der Waals surface area contributed by atoms with Crippen molar-refractivity contribution in [1.29, 1.82) is 0 Å². The molecule has 144 valence electrons. The third-order valence-electron chi connectivity index (χ3n) is 4.79. The smallest absolute Gasteiger partial charge is 0.314 e. The van der Waals surface area contributed by atoms with Crippen molar-refractivity contribution in [2.45, 2.75) is 31.6 Å². The van der Waals surface area contributed by atoms with Gasteiger partial charge in [0.25, 0.3) is 0 Å². The number of ether oxygens (including phenoxy) is 1. The molecule has 0 amide bonds. The third kappa shape index (κ3) is 4.51. The first kappa shape index (κ1) is 19.9. The second-order valence-corrected chi connectivity index (χ2v) is 9.20. The molecular formula is C20H22ClNO4S. The molecule has 0 N–H and O–H groups in total. The molecule has 0 aromatic heterocycles. The topological polar surface area (TPSA) is 63.7 Å². The first-order chi connectivity index (χ1) is 12.8. The summed E-state index contributed by atoms with van der Waals surface area (Å²) in [6.45, 7) is 4.34. The Kier molecular flexibility index (Phi) is 5.89. The van der Waals surface area contributed by atoms with Gasteiger partial charge in [0.05, 0.1) is 10.8 Å². The van der Waals surface area contributed by atoms with Crippen LogP contribution in [0.25, 0.3) is 0 Å². The summed E-state index contributed by atoms with van der Waals surface area (Å²) in [6, 6.07) is 11.9. The Morgan fingerprint density at radius 1 is 1.07 bits per heavy atom. The van der Waals surface area contributed by atoms with Crippen molar-refractivity contribution < 1.29 is 17.9 Å². The van der Waals surface area contributed by atoms with E-state index in [-0.39, 0.29) is 16.8 Å². The summed E-state index contributed by atoms with van der Waals surface area (Å²) in [7, 11) is -3.53. The van der Waals surface area contributed by atoms with Gasteiger partial charge in [-0.25, -0.2) is 8.42 Å². The lowest BCUT2D eigenvalue weighted by Gasteiger charge is -2.30. The molecule has 0 unspecified atom stereocenters. The van der Waals surface area contributed by atoms with Crippen LogP contribution in [0, 0.1) is 19.8 Å². The molecule has 1 saturated heterocycles. The van der Waals surface area contributed by atoms with Crippen LogP contribution in [0.1, 0.15) is 24.0 Å². The predicted molar refractivity (Wildman–Crippen MR) is 104 cm³/mol. The maximum atomic E-state index is 12.7. The number of rotatable bonds is 4. The average molecular weight is 408 g/mol. The Balaban J connectivity index is 1.62. The van der Waals surface area contributed by atoms with E-state index < -0.39 is 10.0 Å². The van der Waals surface area contributed by atoms with Gasteiger partial charge in [0.2, 0.25) is 10.0 Å². The molecule has 0 spiro atoms. The number of benzene rings is 2. The number of esters is 1. The van der Waals surface area contributed by atoms with Gasteiger partial charge in [0.1, 0.15) is 5.75 Å². The number of aryl methyl sites for hydroxylation is 2. The average Bonchev–Trinajstić information content (AvgIpc) is 2.64. The second-order valence-electron chi connectivity index (χ2n) is 6.82. The highest BCUT2D eigenvalue weighted by Gasteiger charge is 2.33. The van der Waals surface area contributed by atoms with Crippen LogP contribution in [-0.4, -0.2) is 31.8 Å². The number of nitrogens with zero attached hydrogens (tertiary/aromatic N) is 1. The highest BCUT2D eigenvalue weighted by Crippen LogP contribution is 2.27. The fraction of sp³-hybridized carbons (Fsp3) is 0.350. The van der Waals surface area contributed by atoms with Crippen molar-refractivity contribution in [1.82, 2.24) is 4.31 Å². The van der Waals surface area contributed by atoms with E-state index in [1.807, 2.05) is 13.8 Å². The van der Waals surface area contributed by atoms with E-state index in [4.69, 9.17) is 16.3 Å². The number of halogens is 1. The minimum absolute atomic E-state index is 0.283. The summed E-state index contributed by atoms with van der Waals surface area (Å²) in [4.78, 5) is 12.7. The lowest BCUT2D eigenvalue weighted by Crippen LogP contribution is -2.41. The van der Waals surface area contributed by atoms with E-state index in [0.29, 0.717) is 36.7 Å². The molecule has 1 heterocycles. The Morgan fingerprint density at radius 2 is 1.70 bits per heavy atom. The van der Waals surface area contributed by atoms with E-state index in [9.17, 15) is 13.2 Å². The number of sulfonamides is 1. The molecule has 0 saturated carbocycles. The van der Waals surface area contributed by atoms with Crippen molar-refractivity contribution in [3.63, 3.8) is 0 Å². The van der Waals surface area contributed by atoms with E-state index >= 15 is 0 Å². The van der Waals surface area contributed by atoms with Crippen LogP contribution in [0.4, 0.5) is 0 Å². The van der Waals surface area contributed by atoms with Gasteiger partial charge in [0.15, 0.2) is 0 Å². The number of carbonyl (C=O) groups is 1. The Hall–Kier alpha value is -1.89. The fourth-order valence-corrected chi connectivity index (χ4v) is 4.81. The van der Waals surface area contributed by atoms with E-state index in [1.165, 1.54) is 4.31 Å². The van der Waals surface area contributed by atoms with Crippen molar-refractivity contribution >= 4 is 27.6 Å². The molecule has 1 fully saturated rings. The molecule has 3 rings (SSSR count). The van der Waals surface area contributed by atoms with Gasteiger partial charge in [0, 0.05) is 18.1 Å². The predicted octanol–water partition coefficient (Wildman–Crippen LogP) is 3.96. The minimum Gasteiger partial charge on any atom is -0.426 e. The van der Waals surface area contributed by atoms with Crippen LogP contribution >= 0.6 is 11.6 Å². The van der Waals surface area contributed by atoms with Crippen molar-refractivity contribution in [2.75, 3.05) is 13.1 Å². The molecule has 0 radical (unpaired) electrons. The molecule has 1 aliphatic rings. The zero-order valence-corrected chi connectivity index (χ0v) is 16.9. The monoisotopic (exact) mass is 407 g/mol. The number of carbonyl (C=O) groups excluding carboxylic acids is 1. The summed E-state index contributed by atoms with van der Waals surface area (Å²) in [5.74, 6) is -0.156. The molecule has 5 nitrogen and oxygen atoms in total. The summed E-state index contributed by atoms with van der Waals surface area (Å²) >= 11 is 5.92. The lowest BCUT2D eigenvalue weighted by molar-refractivity contribution is -0.140. The molecule has 0 bridgehead atoms. The summed E-state index contributed by atoms with van der Waals surface area (Å²) in [5, 5.41) is 0.585. The second kappa shape index (κ2) is 8.00. The van der Waals surface area contributed by atoms with Crippen molar-refractivity contribution in [3.05, 3.63) is 58.6 Å². The zero-order valence-electron chi connectivity index (χ0n) is 15.3. The van der Waals surface area contributed by atoms with Crippen LogP contribution in [0.5, 0.6) is 5.75 Å². The lowest BCUT2D eigenvalue weighted by atomic mass is 9.98. The van der Waals surface area contributed by atoms with Crippen LogP contribution in [0.15, 0.2) is 47.4 Å². The highest BCUT2D eigenvalue weighted by atomic mass is 35.5. The van der Waals surface area contributed by atoms with Crippen molar-refractivity contribution in [3.8, 4) is 5.75 Å². The molecule has 0 aliphatic carbocycles. The van der Waals surface area contributed by atoms with Gasteiger partial charge in [-0.3, -0.25) is 4.79 Å². The first-order valence-corrected chi connectivity index (χ1v) is 10.6. The molecule has 2 aromatic rings. The van der Waals surface area contributed by atoms with Gasteiger partial charge >= 0.3 is 5.97 Å². The highest BCUT2D eigenvalue weighted by molar-refractivity contribution is 7.89. The molecule has 27 heavy (non-hydrogen) atoms. The zero-order chi connectivity index (χ0) is 19.6. The molecule has 0 atom stereocenters. The summed E-state index contributed by atoms with van der Waals surface area (Å²) in [5.41, 5.74) is 1.79. The molecular weight excluding hydrogens is 386 g/mol. The fourth-order valence-electron chi connectivity index (χ4n) is 3.11. The quantitative estimate of drug-likeness (QED) is 0.568. The number of piperidine rings is 1. The first-order valence-electron chi connectivity index (χ1n) is 8.82. The standard InChI is InChI=1S/C20H22ClNO4S/c1-14-3-6-18(7-4-14)27(24,25)22-11-9-16(10-12-22)20(23)26-19-8-5-17(21)13-15(19)2/h3-8,13,16H,9-12H2,1-2H3. The normalized spacial score (nSPS) is 16.3. The van der Waals surface area contributed by atoms with Crippen molar-refractivity contribution in [2.24, 2.45) is 5.92 Å². The largest absolute Gasteiger partial charge is 0.426 e. The minimum atomic E-state index is -3.53. The maximum absolute atomic E-state index is 12.7. The Bertz CT molecular complexity index is 933. The van der Waals surface area contributed by atoms with E-state index in [0.717, 1.165) is 11.1 Å². The SMILES string of the molecule is Cc1ccc(S(=O)(=O)N2CCC(C(=O)Oc3ccc(Cl)cc3C)CC2)cc1. The molecule has 2 aromatic carbocycles. The van der Waals surface area contributed by atoms with Crippen LogP contribution < -0.4 is 4.74 Å².